The average Bonchev–Trinajstić information content (AvgIpc) is 2.72. The largest absolute Gasteiger partial charge is 0.468 e. The number of esters is 1. The zero-order valence-corrected chi connectivity index (χ0v) is 11.8. The number of allylic oxidation sites excluding steroid dienone is 2. The summed E-state index contributed by atoms with van der Waals surface area (Å²) in [5.41, 5.74) is 3.48. The van der Waals surface area contributed by atoms with E-state index in [1.54, 1.807) is 0 Å². The molecule has 3 nitrogen and oxygen atoms in total. The fourth-order valence-electron chi connectivity index (χ4n) is 3.66. The van der Waals surface area contributed by atoms with Gasteiger partial charge in [-0.05, 0) is 36.5 Å². The monoisotopic (exact) mass is 270 g/mol. The highest BCUT2D eigenvalue weighted by molar-refractivity contribution is 6.01. The average molecular weight is 270 g/mol. The number of Topliss-reactive ketones (excluding diaryl/α,β-unsaturated/α-hetero) is 1. The number of benzene rings is 1. The lowest BCUT2D eigenvalue weighted by molar-refractivity contribution is -0.151. The molecular formula is C17H18O3. The van der Waals surface area contributed by atoms with E-state index in [4.69, 9.17) is 4.74 Å². The van der Waals surface area contributed by atoms with Crippen LogP contribution in [-0.2, 0) is 19.7 Å². The minimum atomic E-state index is -0.577. The first-order valence-electron chi connectivity index (χ1n) is 6.97. The van der Waals surface area contributed by atoms with Crippen molar-refractivity contribution in [2.24, 2.45) is 5.92 Å². The van der Waals surface area contributed by atoms with Gasteiger partial charge in [0.2, 0.25) is 0 Å². The van der Waals surface area contributed by atoms with Crippen molar-refractivity contribution in [1.29, 1.82) is 0 Å². The standard InChI is InChI=1S/C17H18O3/c1-11-9-17(14-6-4-3-5-12(11)14)8-7-13(15(18)10-17)16(19)20-2/h3-6,9,13H,7-8,10H2,1-2H3/t13?,17-/m0/s1. The summed E-state index contributed by atoms with van der Waals surface area (Å²) in [6.45, 7) is 2.09. The van der Waals surface area contributed by atoms with Crippen molar-refractivity contribution in [2.75, 3.05) is 7.11 Å². The van der Waals surface area contributed by atoms with Gasteiger partial charge in [-0.25, -0.2) is 0 Å². The van der Waals surface area contributed by atoms with Gasteiger partial charge in [0.25, 0.3) is 0 Å². The third-order valence-corrected chi connectivity index (χ3v) is 4.62. The fourth-order valence-corrected chi connectivity index (χ4v) is 3.66. The van der Waals surface area contributed by atoms with E-state index in [-0.39, 0.29) is 11.2 Å². The van der Waals surface area contributed by atoms with Gasteiger partial charge in [-0.3, -0.25) is 9.59 Å². The Balaban J connectivity index is 1.95. The third kappa shape index (κ3) is 1.80. The number of ketones is 1. The SMILES string of the molecule is COC(=O)C1CC[C@]2(C=C(C)c3ccccc32)CC1=O. The van der Waals surface area contributed by atoms with Crippen molar-refractivity contribution in [3.8, 4) is 0 Å². The molecule has 104 valence electrons. The van der Waals surface area contributed by atoms with E-state index in [9.17, 15) is 9.59 Å². The molecule has 2 atom stereocenters. The Morgan fingerprint density at radius 3 is 2.80 bits per heavy atom. The molecule has 0 heterocycles. The van der Waals surface area contributed by atoms with E-state index in [1.165, 1.54) is 23.8 Å². The van der Waals surface area contributed by atoms with Gasteiger partial charge < -0.3 is 4.74 Å². The summed E-state index contributed by atoms with van der Waals surface area (Å²) in [5.74, 6) is -0.965. The van der Waals surface area contributed by atoms with Crippen LogP contribution in [0.1, 0.15) is 37.3 Å². The van der Waals surface area contributed by atoms with Crippen LogP contribution in [0.25, 0.3) is 5.57 Å². The lowest BCUT2D eigenvalue weighted by atomic mass is 9.67. The van der Waals surface area contributed by atoms with E-state index in [0.717, 1.165) is 6.42 Å². The third-order valence-electron chi connectivity index (χ3n) is 4.62. The first-order valence-corrected chi connectivity index (χ1v) is 6.97. The number of carbonyl (C=O) groups excluding carboxylic acids is 2. The number of hydrogen-bond donors (Lipinski definition) is 0. The maximum absolute atomic E-state index is 12.3. The van der Waals surface area contributed by atoms with Crippen LogP contribution in [0, 0.1) is 5.92 Å². The molecule has 2 aliphatic rings. The number of ether oxygens (including phenoxy) is 1. The van der Waals surface area contributed by atoms with Crippen LogP contribution in [0.3, 0.4) is 0 Å². The molecule has 1 spiro atoms. The summed E-state index contributed by atoms with van der Waals surface area (Å²) in [6, 6.07) is 8.25. The van der Waals surface area contributed by atoms with Gasteiger partial charge in [0, 0.05) is 11.8 Å². The quantitative estimate of drug-likeness (QED) is 0.582. The van der Waals surface area contributed by atoms with Crippen LogP contribution in [-0.4, -0.2) is 18.9 Å². The van der Waals surface area contributed by atoms with Crippen LogP contribution in [0.2, 0.25) is 0 Å². The summed E-state index contributed by atoms with van der Waals surface area (Å²) in [5, 5.41) is 0. The summed E-state index contributed by atoms with van der Waals surface area (Å²) >= 11 is 0. The zero-order valence-electron chi connectivity index (χ0n) is 11.8. The summed E-state index contributed by atoms with van der Waals surface area (Å²) in [4.78, 5) is 24.0. The van der Waals surface area contributed by atoms with Crippen molar-refractivity contribution in [3.63, 3.8) is 0 Å². The first-order chi connectivity index (χ1) is 9.57. The van der Waals surface area contributed by atoms with Gasteiger partial charge >= 0.3 is 5.97 Å². The minimum absolute atomic E-state index is 0.00357. The highest BCUT2D eigenvalue weighted by Gasteiger charge is 2.45. The van der Waals surface area contributed by atoms with Crippen molar-refractivity contribution in [2.45, 2.75) is 31.6 Å². The number of hydrogen-bond acceptors (Lipinski definition) is 3. The molecule has 1 aromatic rings. The van der Waals surface area contributed by atoms with Crippen molar-refractivity contribution in [3.05, 3.63) is 41.5 Å². The van der Waals surface area contributed by atoms with Gasteiger partial charge in [-0.15, -0.1) is 0 Å². The van der Waals surface area contributed by atoms with Gasteiger partial charge in [0.15, 0.2) is 0 Å². The predicted molar refractivity (Wildman–Crippen MR) is 76.1 cm³/mol. The molecule has 20 heavy (non-hydrogen) atoms. The predicted octanol–water partition coefficient (Wildman–Crippen LogP) is 2.88. The Labute approximate surface area is 118 Å². The Morgan fingerprint density at radius 2 is 2.10 bits per heavy atom. The normalized spacial score (nSPS) is 28.2. The molecule has 0 aliphatic heterocycles. The number of rotatable bonds is 1. The molecule has 1 saturated carbocycles. The van der Waals surface area contributed by atoms with E-state index in [1.807, 2.05) is 12.1 Å². The summed E-state index contributed by atoms with van der Waals surface area (Å²) in [6.07, 6.45) is 4.01. The molecule has 0 amide bonds. The lowest BCUT2D eigenvalue weighted by Gasteiger charge is -2.35. The van der Waals surface area contributed by atoms with Crippen LogP contribution in [0.15, 0.2) is 30.3 Å². The summed E-state index contributed by atoms with van der Waals surface area (Å²) < 4.78 is 4.73. The van der Waals surface area contributed by atoms with Crippen molar-refractivity contribution >= 4 is 17.3 Å². The highest BCUT2D eigenvalue weighted by Crippen LogP contribution is 2.49. The lowest BCUT2D eigenvalue weighted by Crippen LogP contribution is -2.39. The molecule has 0 saturated heterocycles. The molecule has 0 bridgehead atoms. The maximum atomic E-state index is 12.3. The molecular weight excluding hydrogens is 252 g/mol. The van der Waals surface area contributed by atoms with Crippen LogP contribution in [0.5, 0.6) is 0 Å². The number of methoxy groups -OCH3 is 1. The Bertz CT molecular complexity index is 614. The van der Waals surface area contributed by atoms with Crippen LogP contribution >= 0.6 is 0 Å². The van der Waals surface area contributed by atoms with Crippen LogP contribution < -0.4 is 0 Å². The van der Waals surface area contributed by atoms with Gasteiger partial charge in [-0.2, -0.15) is 0 Å². The molecule has 1 unspecified atom stereocenters. The molecule has 3 rings (SSSR count). The van der Waals surface area contributed by atoms with Crippen molar-refractivity contribution < 1.29 is 14.3 Å². The number of carbonyl (C=O) groups is 2. The van der Waals surface area contributed by atoms with Gasteiger partial charge in [0.05, 0.1) is 7.11 Å². The molecule has 0 aromatic heterocycles. The van der Waals surface area contributed by atoms with E-state index in [0.29, 0.717) is 12.8 Å². The van der Waals surface area contributed by atoms with Gasteiger partial charge in [-0.1, -0.05) is 30.3 Å². The Morgan fingerprint density at radius 1 is 1.35 bits per heavy atom. The molecule has 1 fully saturated rings. The minimum Gasteiger partial charge on any atom is -0.468 e. The van der Waals surface area contributed by atoms with Gasteiger partial charge in [0.1, 0.15) is 11.7 Å². The Hall–Kier alpha value is -1.90. The highest BCUT2D eigenvalue weighted by atomic mass is 16.5. The van der Waals surface area contributed by atoms with E-state index < -0.39 is 11.9 Å². The number of fused-ring (bicyclic) bond motifs is 2. The topological polar surface area (TPSA) is 43.4 Å². The second-order valence-corrected chi connectivity index (χ2v) is 5.79. The summed E-state index contributed by atoms with van der Waals surface area (Å²) in [7, 11) is 1.34. The molecule has 2 aliphatic carbocycles. The second-order valence-electron chi connectivity index (χ2n) is 5.79. The zero-order chi connectivity index (χ0) is 14.3. The smallest absolute Gasteiger partial charge is 0.316 e. The van der Waals surface area contributed by atoms with Crippen LogP contribution in [0.4, 0.5) is 0 Å². The second kappa shape index (κ2) is 4.58. The maximum Gasteiger partial charge on any atom is 0.316 e. The molecule has 0 radical (unpaired) electrons. The van der Waals surface area contributed by atoms with Crippen molar-refractivity contribution in [1.82, 2.24) is 0 Å². The Kier molecular flexibility index (Phi) is 3.00. The fraction of sp³-hybridized carbons (Fsp3) is 0.412. The first kappa shape index (κ1) is 13.1. The molecule has 0 N–H and O–H groups in total. The van der Waals surface area contributed by atoms with E-state index in [2.05, 4.69) is 25.1 Å². The molecule has 1 aromatic carbocycles. The van der Waals surface area contributed by atoms with E-state index >= 15 is 0 Å². The molecule has 3 heteroatoms.